The van der Waals surface area contributed by atoms with E-state index in [2.05, 4.69) is 15.4 Å². The van der Waals surface area contributed by atoms with E-state index >= 15 is 0 Å². The van der Waals surface area contributed by atoms with Gasteiger partial charge in [0.05, 0.1) is 6.54 Å². The van der Waals surface area contributed by atoms with Gasteiger partial charge >= 0.3 is 0 Å². The van der Waals surface area contributed by atoms with Gasteiger partial charge in [-0.1, -0.05) is 17.7 Å². The molecule has 0 spiro atoms. The summed E-state index contributed by atoms with van der Waals surface area (Å²) in [5.41, 5.74) is 4.09. The van der Waals surface area contributed by atoms with E-state index in [9.17, 15) is 5.21 Å². The van der Waals surface area contributed by atoms with Crippen molar-refractivity contribution in [2.75, 3.05) is 5.43 Å². The summed E-state index contributed by atoms with van der Waals surface area (Å²) in [5, 5.41) is 10.8. The van der Waals surface area contributed by atoms with E-state index in [1.807, 2.05) is 6.07 Å². The number of imidazole rings is 1. The van der Waals surface area contributed by atoms with Gasteiger partial charge in [-0.25, -0.2) is 15.4 Å². The summed E-state index contributed by atoms with van der Waals surface area (Å²) in [6.45, 7) is 0.584. The van der Waals surface area contributed by atoms with E-state index in [1.54, 1.807) is 29.2 Å². The number of aromatic nitrogens is 3. The first-order chi connectivity index (χ1) is 7.79. The highest BCUT2D eigenvalue weighted by Gasteiger charge is 2.03. The number of nitrogens with one attached hydrogen (secondary N) is 1. The minimum atomic E-state index is 0. The topological polar surface area (TPSA) is 82.4 Å². The summed E-state index contributed by atoms with van der Waals surface area (Å²) in [7, 11) is 0. The number of nitrogen functional groups attached to an aromatic ring is 1. The Morgan fingerprint density at radius 3 is 2.88 bits per heavy atom. The van der Waals surface area contributed by atoms with Crippen LogP contribution in [0.5, 0.6) is 0 Å². The molecule has 92 valence electrons. The molecule has 2 rings (SSSR count). The monoisotopic (exact) mass is 366 g/mol. The first kappa shape index (κ1) is 14.2. The first-order valence-corrected chi connectivity index (χ1v) is 4.99. The van der Waals surface area contributed by atoms with Gasteiger partial charge in [-0.05, 0) is 11.6 Å². The highest BCUT2D eigenvalue weighted by molar-refractivity contribution is 6.29. The molecule has 0 saturated carbocycles. The van der Waals surface area contributed by atoms with E-state index in [1.165, 1.54) is 0 Å². The Hall–Kier alpha value is -0.900. The maximum atomic E-state index is 10.3. The van der Waals surface area contributed by atoms with Crippen molar-refractivity contribution < 1.29 is 29.6 Å². The van der Waals surface area contributed by atoms with E-state index in [0.717, 1.165) is 5.56 Å². The molecule has 3 N–H and O–H groups in total. The van der Waals surface area contributed by atoms with Crippen molar-refractivity contribution in [3.63, 3.8) is 0 Å². The van der Waals surface area contributed by atoms with Crippen LogP contribution >= 0.6 is 11.6 Å². The van der Waals surface area contributed by atoms with E-state index in [4.69, 9.17) is 11.6 Å². The lowest BCUT2D eigenvalue weighted by Gasteiger charge is -2.08. The molecule has 0 bridgehead atoms. The first-order valence-electron chi connectivity index (χ1n) is 4.61. The number of halogens is 2. The zero-order valence-corrected chi connectivity index (χ0v) is 11.6. The average Bonchev–Trinajstić information content (AvgIpc) is 2.70. The largest absolute Gasteiger partial charge is 1.00 e. The fraction of sp³-hybridized carbons (Fsp3) is 0.111. The number of hydrogen-bond donors (Lipinski definition) is 2. The molecule has 0 aliphatic carbocycles. The van der Waals surface area contributed by atoms with Crippen LogP contribution in [0.25, 0.3) is 0 Å². The number of hydrogen-bond acceptors (Lipinski definition) is 4. The van der Waals surface area contributed by atoms with Crippen molar-refractivity contribution in [1.29, 1.82) is 0 Å². The van der Waals surface area contributed by atoms with Crippen LogP contribution in [0, 0.1) is 5.21 Å². The molecule has 2 aromatic heterocycles. The van der Waals surface area contributed by atoms with Gasteiger partial charge in [-0.15, -0.1) is 0 Å². The highest BCUT2D eigenvalue weighted by atomic mass is 127. The van der Waals surface area contributed by atoms with Gasteiger partial charge in [0.1, 0.15) is 5.15 Å². The molecule has 0 unspecified atom stereocenters. The summed E-state index contributed by atoms with van der Waals surface area (Å²) in [6.07, 6.45) is 5.09. The van der Waals surface area contributed by atoms with E-state index in [0.29, 0.717) is 23.2 Å². The SMILES string of the molecule is [I-].[O-][NH2+]Nc1nccn1Cc1ccc(Cl)nc1. The second-order valence-corrected chi connectivity index (χ2v) is 3.52. The minimum absolute atomic E-state index is 0. The second kappa shape index (κ2) is 6.74. The third-order valence-corrected chi connectivity index (χ3v) is 2.27. The van der Waals surface area contributed by atoms with Crippen LogP contribution < -0.4 is 35.0 Å². The third kappa shape index (κ3) is 3.80. The molecule has 6 nitrogen and oxygen atoms in total. The van der Waals surface area contributed by atoms with Crippen molar-refractivity contribution >= 4 is 17.5 Å². The summed E-state index contributed by atoms with van der Waals surface area (Å²) >= 11 is 5.69. The minimum Gasteiger partial charge on any atom is -1.00 e. The molecule has 0 amide bonds. The van der Waals surface area contributed by atoms with Crippen LogP contribution in [-0.2, 0) is 6.54 Å². The van der Waals surface area contributed by atoms with Gasteiger partial charge in [-0.2, -0.15) is 0 Å². The maximum Gasteiger partial charge on any atom is 0.249 e. The van der Waals surface area contributed by atoms with Crippen LogP contribution in [0.15, 0.2) is 30.7 Å². The summed E-state index contributed by atoms with van der Waals surface area (Å²) in [6, 6.07) is 3.60. The summed E-state index contributed by atoms with van der Waals surface area (Å²) < 4.78 is 1.80. The molecule has 0 aromatic carbocycles. The molecule has 0 saturated heterocycles. The number of anilines is 1. The number of pyridine rings is 1. The molecule has 0 radical (unpaired) electrons. The lowest BCUT2D eigenvalue weighted by Crippen LogP contribution is -3.00. The van der Waals surface area contributed by atoms with Crippen molar-refractivity contribution in [3.05, 3.63) is 46.6 Å². The molecule has 2 heterocycles. The predicted octanol–water partition coefficient (Wildman–Crippen LogP) is -2.63. The van der Waals surface area contributed by atoms with Gasteiger partial charge in [0.25, 0.3) is 0 Å². The molecule has 17 heavy (non-hydrogen) atoms. The van der Waals surface area contributed by atoms with Crippen LogP contribution in [0.4, 0.5) is 5.95 Å². The van der Waals surface area contributed by atoms with Crippen LogP contribution in [0.3, 0.4) is 0 Å². The number of nitrogens with zero attached hydrogens (tertiary/aromatic N) is 3. The van der Waals surface area contributed by atoms with Gasteiger partial charge < -0.3 is 33.8 Å². The molecule has 0 fully saturated rings. The van der Waals surface area contributed by atoms with Gasteiger partial charge in [0.15, 0.2) is 0 Å². The summed E-state index contributed by atoms with van der Waals surface area (Å²) in [5.74, 6) is 0.505. The number of rotatable bonds is 4. The lowest BCUT2D eigenvalue weighted by atomic mass is 10.3. The standard InChI is InChI=1S/C9H10ClN5O.HI/c10-8-2-1-7(5-12-8)6-15-4-3-11-9(15)13-14-16;/h1-5H,6,14H2,(H,11,13);1H/p-1. The quantitative estimate of drug-likeness (QED) is 0.268. The van der Waals surface area contributed by atoms with Crippen molar-refractivity contribution in [2.45, 2.75) is 6.54 Å². The Bertz CT molecular complexity index is 461. The molecule has 0 aliphatic heterocycles. The van der Waals surface area contributed by atoms with Gasteiger partial charge in [-0.3, -0.25) is 5.59 Å². The molecule has 0 aliphatic rings. The van der Waals surface area contributed by atoms with Crippen LogP contribution in [-0.4, -0.2) is 14.5 Å². The Kier molecular flexibility index (Phi) is 5.62. The summed E-state index contributed by atoms with van der Waals surface area (Å²) in [4.78, 5) is 7.97. The zero-order valence-electron chi connectivity index (χ0n) is 8.68. The Morgan fingerprint density at radius 1 is 1.41 bits per heavy atom. The fourth-order valence-electron chi connectivity index (χ4n) is 1.33. The van der Waals surface area contributed by atoms with Crippen molar-refractivity contribution in [3.8, 4) is 0 Å². The zero-order chi connectivity index (χ0) is 11.4. The van der Waals surface area contributed by atoms with Crippen molar-refractivity contribution in [1.82, 2.24) is 14.5 Å². The fourth-order valence-corrected chi connectivity index (χ4v) is 1.44. The van der Waals surface area contributed by atoms with Gasteiger partial charge in [0, 0.05) is 18.6 Å². The average molecular weight is 367 g/mol. The van der Waals surface area contributed by atoms with Gasteiger partial charge in [0.2, 0.25) is 5.95 Å². The highest BCUT2D eigenvalue weighted by Crippen LogP contribution is 2.09. The molecule has 8 heteroatoms. The Morgan fingerprint density at radius 2 is 2.24 bits per heavy atom. The molecule has 2 aromatic rings. The van der Waals surface area contributed by atoms with Crippen LogP contribution in [0.2, 0.25) is 5.15 Å². The lowest BCUT2D eigenvalue weighted by molar-refractivity contribution is -0.557. The van der Waals surface area contributed by atoms with E-state index in [-0.39, 0.29) is 24.0 Å². The normalized spacial score (nSPS) is 9.76. The van der Waals surface area contributed by atoms with E-state index < -0.39 is 0 Å². The smallest absolute Gasteiger partial charge is 0.249 e. The maximum absolute atomic E-state index is 10.3. The second-order valence-electron chi connectivity index (χ2n) is 3.13. The number of quaternary nitrogens is 1. The number of nitrogens with two attached hydrogens (primary N) is 1. The van der Waals surface area contributed by atoms with Crippen molar-refractivity contribution in [2.24, 2.45) is 0 Å². The predicted molar refractivity (Wildman–Crippen MR) is 59.5 cm³/mol. The molecular formula is C9H10ClIN5O-. The molecular weight excluding hydrogens is 356 g/mol. The Labute approximate surface area is 120 Å². The third-order valence-electron chi connectivity index (χ3n) is 2.05. The molecule has 0 atom stereocenters. The van der Waals surface area contributed by atoms with Crippen LogP contribution in [0.1, 0.15) is 5.56 Å². The Balaban J connectivity index is 0.00000144.